The summed E-state index contributed by atoms with van der Waals surface area (Å²) in [4.78, 5) is 71.5. The van der Waals surface area contributed by atoms with Crippen LogP contribution in [0.2, 0.25) is 0 Å². The second-order valence-corrected chi connectivity index (χ2v) is 19.4. The van der Waals surface area contributed by atoms with Crippen LogP contribution in [0.5, 0.6) is 17.2 Å². The molecule has 11 rings (SSSR count). The molecule has 15 heteroatoms. The second-order valence-electron chi connectivity index (χ2n) is 19.4. The smallest absolute Gasteiger partial charge is 0.329 e. The van der Waals surface area contributed by atoms with Crippen molar-refractivity contribution in [2.24, 2.45) is 5.92 Å². The van der Waals surface area contributed by atoms with Crippen LogP contribution in [0.15, 0.2) is 152 Å². The molecule has 5 aliphatic heterocycles. The highest BCUT2D eigenvalue weighted by atomic mass is 16.7. The third kappa shape index (κ3) is 9.03. The predicted molar refractivity (Wildman–Crippen MR) is 277 cm³/mol. The summed E-state index contributed by atoms with van der Waals surface area (Å²) < 4.78 is 24.0. The van der Waals surface area contributed by atoms with Crippen molar-refractivity contribution in [3.63, 3.8) is 0 Å². The Morgan fingerprint density at radius 3 is 2.20 bits per heavy atom. The predicted octanol–water partition coefficient (Wildman–Crippen LogP) is 7.00. The van der Waals surface area contributed by atoms with Crippen molar-refractivity contribution in [3.05, 3.63) is 191 Å². The zero-order valence-electron chi connectivity index (χ0n) is 41.4. The number of piperazine rings is 1. The maximum absolute atomic E-state index is 16.9. The molecule has 6 aromatic rings. The molecule has 0 unspecified atom stereocenters. The van der Waals surface area contributed by atoms with Gasteiger partial charge in [-0.15, -0.1) is 0 Å². The molecule has 0 bridgehead atoms. The van der Waals surface area contributed by atoms with Crippen LogP contribution in [0.3, 0.4) is 0 Å². The average Bonchev–Trinajstić information content (AvgIpc) is 4.12. The molecule has 0 saturated carbocycles. The van der Waals surface area contributed by atoms with Crippen LogP contribution in [0, 0.1) is 17.8 Å². The number of morpholine rings is 1. The molecule has 7 atom stereocenters. The van der Waals surface area contributed by atoms with Gasteiger partial charge in [0, 0.05) is 44.7 Å². The molecule has 75 heavy (non-hydrogen) atoms. The monoisotopic (exact) mass is 1010 g/mol. The van der Waals surface area contributed by atoms with Crippen LogP contribution in [-0.4, -0.2) is 108 Å². The fraction of sp³-hybridized carbons (Fsp3) is 0.300. The summed E-state index contributed by atoms with van der Waals surface area (Å²) in [5, 5.41) is 22.8. The number of nitrogens with zero attached hydrogens (tertiary/aromatic N) is 4. The third-order valence-corrected chi connectivity index (χ3v) is 15.1. The molecule has 3 saturated heterocycles. The minimum absolute atomic E-state index is 0.0203. The van der Waals surface area contributed by atoms with Crippen LogP contribution in [0.4, 0.5) is 10.5 Å². The fourth-order valence-corrected chi connectivity index (χ4v) is 11.8. The summed E-state index contributed by atoms with van der Waals surface area (Å²) >= 11 is 0. The van der Waals surface area contributed by atoms with E-state index < -0.39 is 65.4 Å². The number of amides is 4. The number of hydrogen-bond donors (Lipinski definition) is 3. The molecule has 3 fully saturated rings. The molecule has 1 spiro atoms. The number of imide groups is 1. The number of hydrogen-bond acceptors (Lipinski definition) is 12. The molecule has 3 N–H and O–H groups in total. The van der Waals surface area contributed by atoms with Crippen molar-refractivity contribution < 1.29 is 48.3 Å². The number of carbonyl (C=O) groups is 4. The summed E-state index contributed by atoms with van der Waals surface area (Å²) in [6.07, 6.45) is -0.739. The first kappa shape index (κ1) is 49.2. The normalized spacial score (nSPS) is 23.2. The first-order valence-corrected chi connectivity index (χ1v) is 25.4. The van der Waals surface area contributed by atoms with Crippen LogP contribution in [0.25, 0.3) is 0 Å². The lowest BCUT2D eigenvalue weighted by molar-refractivity contribution is -0.179. The Kier molecular flexibility index (Phi) is 13.8. The number of cyclic esters (lactones) is 1. The number of aliphatic hydroxyl groups excluding tert-OH is 2. The van der Waals surface area contributed by atoms with Crippen molar-refractivity contribution in [2.75, 3.05) is 57.7 Å². The van der Waals surface area contributed by atoms with Gasteiger partial charge >= 0.3 is 12.0 Å². The van der Waals surface area contributed by atoms with Crippen LogP contribution in [-0.2, 0) is 31.1 Å². The van der Waals surface area contributed by atoms with E-state index in [1.165, 1.54) is 0 Å². The zero-order valence-corrected chi connectivity index (χ0v) is 41.4. The van der Waals surface area contributed by atoms with Gasteiger partial charge in [-0.3, -0.25) is 24.2 Å². The van der Waals surface area contributed by atoms with Crippen LogP contribution >= 0.6 is 0 Å². The Balaban J connectivity index is 1.12. The van der Waals surface area contributed by atoms with Gasteiger partial charge < -0.3 is 39.4 Å². The first-order valence-electron chi connectivity index (χ1n) is 25.4. The van der Waals surface area contributed by atoms with Gasteiger partial charge in [-0.05, 0) is 82.8 Å². The second kappa shape index (κ2) is 21.1. The quantitative estimate of drug-likeness (QED) is 0.0849. The number of benzene rings is 6. The largest absolute Gasteiger partial charge is 0.491 e. The molecule has 5 heterocycles. The van der Waals surface area contributed by atoms with E-state index in [4.69, 9.17) is 18.9 Å². The Morgan fingerprint density at radius 1 is 0.760 bits per heavy atom. The highest BCUT2D eigenvalue weighted by molar-refractivity contribution is 6.24. The zero-order chi connectivity index (χ0) is 51.6. The minimum Gasteiger partial charge on any atom is -0.491 e. The molecule has 0 radical (unpaired) electrons. The van der Waals surface area contributed by atoms with Gasteiger partial charge in [0.15, 0.2) is 11.5 Å². The van der Waals surface area contributed by atoms with Gasteiger partial charge in [0.05, 0.1) is 42.9 Å². The number of nitrogens with one attached hydrogen (secondary N) is 1. The maximum atomic E-state index is 16.9. The molecule has 4 amide bonds. The van der Waals surface area contributed by atoms with Crippen molar-refractivity contribution in [1.29, 1.82) is 0 Å². The molecule has 6 aromatic carbocycles. The Bertz CT molecular complexity index is 3160. The summed E-state index contributed by atoms with van der Waals surface area (Å²) in [5.74, 6) is 4.62. The number of esters is 1. The lowest BCUT2D eigenvalue weighted by atomic mass is 9.64. The SMILES string of the molecule is C[C@@H](NC(=O)N1C(=O)[C@@]2(c3cc(C#CCCO)ccc31)[C@H](C(=O)N1CCN(Cc3ccc4c(c3)OCO4)CC1)[C@H]1C(=O)O[C@H](c3ccccc3)[C@H](c3ccccc3)N1[C@@H]2c1cccc(OCCO)c1)c1ccccc1. The number of carbonyl (C=O) groups excluding carboxylic acids is 4. The number of rotatable bonds is 12. The van der Waals surface area contributed by atoms with E-state index in [0.29, 0.717) is 59.1 Å². The highest BCUT2D eigenvalue weighted by Gasteiger charge is 2.76. The summed E-state index contributed by atoms with van der Waals surface area (Å²) in [6.45, 7) is 3.64. The number of urea groups is 1. The van der Waals surface area contributed by atoms with E-state index in [9.17, 15) is 10.2 Å². The van der Waals surface area contributed by atoms with Gasteiger partial charge in [-0.2, -0.15) is 0 Å². The van der Waals surface area contributed by atoms with Crippen molar-refractivity contribution in [1.82, 2.24) is 20.0 Å². The maximum Gasteiger partial charge on any atom is 0.329 e. The Morgan fingerprint density at radius 2 is 1.47 bits per heavy atom. The molecule has 0 aromatic heterocycles. The Hall–Kier alpha value is -8.00. The fourth-order valence-electron chi connectivity index (χ4n) is 11.8. The number of fused-ring (bicyclic) bond motifs is 4. The van der Waals surface area contributed by atoms with Crippen molar-refractivity contribution in [2.45, 2.75) is 55.6 Å². The first-order chi connectivity index (χ1) is 36.7. The number of ether oxygens (including phenoxy) is 4. The van der Waals surface area contributed by atoms with E-state index in [2.05, 4.69) is 22.1 Å². The molecule has 5 aliphatic rings. The topological polar surface area (TPSA) is 171 Å². The van der Waals surface area contributed by atoms with E-state index in [0.717, 1.165) is 21.6 Å². The van der Waals surface area contributed by atoms with Crippen molar-refractivity contribution >= 4 is 29.5 Å². The lowest BCUT2D eigenvalue weighted by Gasteiger charge is -2.46. The van der Waals surface area contributed by atoms with E-state index >= 15 is 19.2 Å². The minimum atomic E-state index is -2.02. The van der Waals surface area contributed by atoms with Gasteiger partial charge in [-0.25, -0.2) is 9.69 Å². The molecule has 15 nitrogen and oxygen atoms in total. The molecular formula is C60H57N5O10. The highest BCUT2D eigenvalue weighted by Crippen LogP contribution is 2.66. The van der Waals surface area contributed by atoms with Gasteiger partial charge in [0.2, 0.25) is 18.6 Å². The number of aliphatic hydroxyl groups is 2. The standard InChI is InChI=1S/C60H57N5O10/c1-39(42-15-5-2-6-16-42)61-59(71)64-48-25-23-40(14-11-12-31-66)34-47(48)60(58(64)70)51(56(68)63-29-27-62(28-30-63)37-41-24-26-49-50(35-41)74-38-73-49)53-57(69)75-54(44-19-9-4-10-20-44)52(43-17-7-3-8-18-43)65(53)55(60)45-21-13-22-46(36-45)72-33-32-67/h2-10,13,15-26,34-36,39,51-55,66-67H,12,27-33,37-38H2,1H3,(H,61,71)/t39-,51+,52+,53+,54-,55-,60+/m1/s1. The van der Waals surface area contributed by atoms with Crippen LogP contribution < -0.4 is 24.4 Å². The Labute approximate surface area is 435 Å². The molecule has 0 aliphatic carbocycles. The van der Waals surface area contributed by atoms with Crippen LogP contribution in [0.1, 0.15) is 76.5 Å². The third-order valence-electron chi connectivity index (χ3n) is 15.1. The van der Waals surface area contributed by atoms with Gasteiger partial charge in [0.25, 0.3) is 0 Å². The lowest BCUT2D eigenvalue weighted by Crippen LogP contribution is -2.59. The average molecular weight is 1010 g/mol. The molecular weight excluding hydrogens is 951 g/mol. The van der Waals surface area contributed by atoms with E-state index in [1.54, 1.807) is 41.3 Å². The summed E-state index contributed by atoms with van der Waals surface area (Å²) in [5.41, 5.74) is 2.86. The molecule has 382 valence electrons. The van der Waals surface area contributed by atoms with Crippen molar-refractivity contribution in [3.8, 4) is 29.1 Å². The van der Waals surface area contributed by atoms with E-state index in [-0.39, 0.29) is 51.8 Å². The number of anilines is 1. The van der Waals surface area contributed by atoms with E-state index in [1.807, 2.05) is 127 Å². The summed E-state index contributed by atoms with van der Waals surface area (Å²) in [6, 6.07) is 42.1. The van der Waals surface area contributed by atoms with Gasteiger partial charge in [-0.1, -0.05) is 121 Å². The summed E-state index contributed by atoms with van der Waals surface area (Å²) in [7, 11) is 0. The van der Waals surface area contributed by atoms with Gasteiger partial charge in [0.1, 0.15) is 29.9 Å².